The first-order chi connectivity index (χ1) is 19.9. The van der Waals surface area contributed by atoms with Crippen molar-refractivity contribution in [3.63, 3.8) is 0 Å². The van der Waals surface area contributed by atoms with Crippen molar-refractivity contribution < 1.29 is 19.4 Å². The van der Waals surface area contributed by atoms with Gasteiger partial charge in [-0.25, -0.2) is 9.78 Å². The van der Waals surface area contributed by atoms with Gasteiger partial charge in [0.15, 0.2) is 0 Å². The van der Waals surface area contributed by atoms with Gasteiger partial charge in [-0.3, -0.25) is 4.79 Å². The SMILES string of the molecule is CN(CCCn1cnc2cc(C=O)c3c(c21)CCC3)[C@H]1CC[C@H](OC(=O)[C@](O)(c2cccs2)c2ccc(Cl)s2)CC1. The second kappa shape index (κ2) is 12.0. The molecule has 4 aromatic rings. The predicted octanol–water partition coefficient (Wildman–Crippen LogP) is 6.23. The molecule has 2 aliphatic carbocycles. The highest BCUT2D eigenvalue weighted by Gasteiger charge is 2.45. The second-order valence-corrected chi connectivity index (χ2v) is 13.8. The van der Waals surface area contributed by atoms with Crippen LogP contribution < -0.4 is 0 Å². The number of aromatic nitrogens is 2. The Bertz CT molecular complexity index is 1540. The number of rotatable bonds is 10. The second-order valence-electron chi connectivity index (χ2n) is 11.2. The van der Waals surface area contributed by atoms with Gasteiger partial charge in [0.05, 0.1) is 31.5 Å². The number of hydrogen-bond donors (Lipinski definition) is 1. The van der Waals surface area contributed by atoms with Crippen molar-refractivity contribution in [1.82, 2.24) is 14.5 Å². The molecule has 0 unspecified atom stereocenters. The Labute approximate surface area is 252 Å². The van der Waals surface area contributed by atoms with E-state index in [9.17, 15) is 14.7 Å². The van der Waals surface area contributed by atoms with Crippen LogP contribution in [0, 0.1) is 0 Å². The average Bonchev–Trinajstić information content (AvgIpc) is 3.79. The van der Waals surface area contributed by atoms with Crippen molar-refractivity contribution in [3.05, 3.63) is 72.8 Å². The van der Waals surface area contributed by atoms with Crippen LogP contribution in [0.5, 0.6) is 0 Å². The van der Waals surface area contributed by atoms with E-state index in [-0.39, 0.29) is 6.10 Å². The number of aryl methyl sites for hydroxylation is 2. The molecule has 0 aliphatic heterocycles. The minimum Gasteiger partial charge on any atom is -0.460 e. The van der Waals surface area contributed by atoms with Gasteiger partial charge in [0.1, 0.15) is 12.4 Å². The minimum absolute atomic E-state index is 0.218. The zero-order valence-corrected chi connectivity index (χ0v) is 25.4. The zero-order chi connectivity index (χ0) is 28.6. The Morgan fingerprint density at radius 1 is 1.22 bits per heavy atom. The lowest BCUT2D eigenvalue weighted by atomic mass is 9.91. The minimum atomic E-state index is -1.84. The molecule has 7 nitrogen and oxygen atoms in total. The van der Waals surface area contributed by atoms with E-state index in [1.807, 2.05) is 23.8 Å². The molecule has 6 rings (SSSR count). The Morgan fingerprint density at radius 3 is 2.73 bits per heavy atom. The summed E-state index contributed by atoms with van der Waals surface area (Å²) in [6.07, 6.45) is 10.2. The lowest BCUT2D eigenvalue weighted by molar-refractivity contribution is -0.169. The Balaban J connectivity index is 1.03. The summed E-state index contributed by atoms with van der Waals surface area (Å²) >= 11 is 8.66. The monoisotopic (exact) mass is 611 g/mol. The number of halogens is 1. The molecule has 10 heteroatoms. The predicted molar refractivity (Wildman–Crippen MR) is 163 cm³/mol. The molecule has 1 aromatic carbocycles. The van der Waals surface area contributed by atoms with Crippen LogP contribution in [0.15, 0.2) is 42.0 Å². The maximum Gasteiger partial charge on any atom is 0.349 e. The summed E-state index contributed by atoms with van der Waals surface area (Å²) in [5, 5.41) is 13.4. The number of imidazole rings is 1. The van der Waals surface area contributed by atoms with Gasteiger partial charge in [-0.1, -0.05) is 17.7 Å². The quantitative estimate of drug-likeness (QED) is 0.169. The molecule has 1 saturated carbocycles. The molecule has 0 amide bonds. The lowest BCUT2D eigenvalue weighted by Gasteiger charge is -2.35. The molecular formula is C31H34ClN3O4S2. The smallest absolute Gasteiger partial charge is 0.349 e. The van der Waals surface area contributed by atoms with E-state index >= 15 is 0 Å². The van der Waals surface area contributed by atoms with Gasteiger partial charge in [0.2, 0.25) is 5.60 Å². The Hall–Kier alpha value is -2.56. The first-order valence-electron chi connectivity index (χ1n) is 14.3. The van der Waals surface area contributed by atoms with Crippen molar-refractivity contribution in [2.75, 3.05) is 13.6 Å². The third-order valence-corrected chi connectivity index (χ3v) is 11.0. The van der Waals surface area contributed by atoms with Crippen LogP contribution in [0.4, 0.5) is 0 Å². The van der Waals surface area contributed by atoms with E-state index in [0.717, 1.165) is 81.8 Å². The van der Waals surface area contributed by atoms with Crippen molar-refractivity contribution in [3.8, 4) is 0 Å². The molecule has 0 spiro atoms. The number of thiophene rings is 2. The third-order valence-electron chi connectivity index (χ3n) is 8.69. The molecular weight excluding hydrogens is 578 g/mol. The van der Waals surface area contributed by atoms with Crippen molar-refractivity contribution >= 4 is 57.6 Å². The molecule has 1 fully saturated rings. The molecule has 216 valence electrons. The van der Waals surface area contributed by atoms with Gasteiger partial charge in [-0.15, -0.1) is 22.7 Å². The molecule has 3 heterocycles. The number of aliphatic hydroxyl groups is 1. The van der Waals surface area contributed by atoms with Crippen LogP contribution in [-0.2, 0) is 34.5 Å². The van der Waals surface area contributed by atoms with Gasteiger partial charge >= 0.3 is 5.97 Å². The van der Waals surface area contributed by atoms with E-state index in [0.29, 0.717) is 20.1 Å². The highest BCUT2D eigenvalue weighted by molar-refractivity contribution is 7.16. The fourth-order valence-corrected chi connectivity index (χ4v) is 8.52. The summed E-state index contributed by atoms with van der Waals surface area (Å²) in [6.45, 7) is 1.84. The van der Waals surface area contributed by atoms with E-state index in [1.165, 1.54) is 39.3 Å². The molecule has 41 heavy (non-hydrogen) atoms. The topological polar surface area (TPSA) is 84.7 Å². The number of carbonyl (C=O) groups is 2. The van der Waals surface area contributed by atoms with Crippen molar-refractivity contribution in [2.24, 2.45) is 0 Å². The van der Waals surface area contributed by atoms with Gasteiger partial charge in [0.25, 0.3) is 0 Å². The van der Waals surface area contributed by atoms with Crippen molar-refractivity contribution in [2.45, 2.75) is 75.7 Å². The van der Waals surface area contributed by atoms with Crippen LogP contribution in [0.25, 0.3) is 11.0 Å². The fraction of sp³-hybridized carbons (Fsp3) is 0.452. The van der Waals surface area contributed by atoms with Crippen LogP contribution in [0.1, 0.15) is 69.8 Å². The van der Waals surface area contributed by atoms with Gasteiger partial charge in [-0.2, -0.15) is 0 Å². The number of benzene rings is 1. The zero-order valence-electron chi connectivity index (χ0n) is 23.1. The number of fused-ring (bicyclic) bond motifs is 3. The summed E-state index contributed by atoms with van der Waals surface area (Å²) in [7, 11) is 2.17. The normalized spacial score (nSPS) is 20.3. The summed E-state index contributed by atoms with van der Waals surface area (Å²) in [6, 6.07) is 9.34. The average molecular weight is 612 g/mol. The van der Waals surface area contributed by atoms with Gasteiger partial charge < -0.3 is 19.3 Å². The molecule has 2 aliphatic rings. The van der Waals surface area contributed by atoms with Crippen LogP contribution in [0.3, 0.4) is 0 Å². The number of nitrogens with zero attached hydrogens (tertiary/aromatic N) is 3. The molecule has 1 atom stereocenters. The number of hydrogen-bond acceptors (Lipinski definition) is 8. The maximum absolute atomic E-state index is 13.4. The molecule has 1 N–H and O–H groups in total. The van der Waals surface area contributed by atoms with E-state index in [4.69, 9.17) is 16.3 Å². The van der Waals surface area contributed by atoms with Crippen LogP contribution >= 0.6 is 34.3 Å². The first kappa shape index (κ1) is 28.6. The summed E-state index contributed by atoms with van der Waals surface area (Å²) in [5.41, 5.74) is 3.57. The number of esters is 1. The standard InChI is InChI=1S/C31H34ClN3O4S2/c1-34(14-4-15-35-19-33-25-17-20(18-36)23-5-2-6-24(23)29(25)35)21-8-10-22(11-9-21)39-30(37)31(38,26-7-3-16-40-26)27-12-13-28(32)41-27/h3,7,12-13,16-19,21-22,38H,2,4-6,8-11,14-15H2,1H3/t21-,22-,31-/m0/s1. The number of ether oxygens (including phenoxy) is 1. The van der Waals surface area contributed by atoms with Gasteiger partial charge in [0, 0.05) is 18.2 Å². The molecule has 3 aromatic heterocycles. The van der Waals surface area contributed by atoms with Crippen LogP contribution in [-0.4, -0.2) is 57.6 Å². The highest BCUT2D eigenvalue weighted by Crippen LogP contribution is 2.40. The summed E-state index contributed by atoms with van der Waals surface area (Å²) in [5.74, 6) is -0.630. The largest absolute Gasteiger partial charge is 0.460 e. The Kier molecular flexibility index (Phi) is 8.34. The Morgan fingerprint density at radius 2 is 2.02 bits per heavy atom. The van der Waals surface area contributed by atoms with Gasteiger partial charge in [-0.05, 0) is 106 Å². The summed E-state index contributed by atoms with van der Waals surface area (Å²) in [4.78, 5) is 33.0. The lowest BCUT2D eigenvalue weighted by Crippen LogP contribution is -2.42. The highest BCUT2D eigenvalue weighted by atomic mass is 35.5. The third kappa shape index (κ3) is 5.50. The maximum atomic E-state index is 13.4. The van der Waals surface area contributed by atoms with E-state index in [2.05, 4.69) is 21.5 Å². The van der Waals surface area contributed by atoms with Crippen LogP contribution in [0.2, 0.25) is 4.34 Å². The molecule has 0 radical (unpaired) electrons. The number of carbonyl (C=O) groups excluding carboxylic acids is 2. The van der Waals surface area contributed by atoms with Crippen molar-refractivity contribution in [1.29, 1.82) is 0 Å². The molecule has 0 saturated heterocycles. The first-order valence-corrected chi connectivity index (χ1v) is 16.3. The molecule has 0 bridgehead atoms. The van der Waals surface area contributed by atoms with E-state index < -0.39 is 11.6 Å². The van der Waals surface area contributed by atoms with E-state index in [1.54, 1.807) is 18.2 Å². The number of aldehydes is 1. The fourth-order valence-electron chi connectivity index (χ4n) is 6.49. The summed E-state index contributed by atoms with van der Waals surface area (Å²) < 4.78 is 8.70.